The fraction of sp³-hybridized carbons (Fsp3) is 0.154. The molecule has 0 spiro atoms. The number of ketones is 1. The minimum atomic E-state index is -4.63. The summed E-state index contributed by atoms with van der Waals surface area (Å²) in [4.78, 5) is 17.3. The highest BCUT2D eigenvalue weighted by molar-refractivity contribution is 7.89. The van der Waals surface area contributed by atoms with E-state index in [-0.39, 0.29) is 34.7 Å². The number of rotatable bonds is 4. The normalized spacial score (nSPS) is 17.8. The monoisotopic (exact) mass is 498 g/mol. The van der Waals surface area contributed by atoms with Crippen LogP contribution in [0.4, 0.5) is 13.2 Å². The number of halogens is 3. The summed E-state index contributed by atoms with van der Waals surface area (Å²) >= 11 is 0. The lowest BCUT2D eigenvalue weighted by molar-refractivity contribution is -0.137. The second kappa shape index (κ2) is 9.59. The van der Waals surface area contributed by atoms with Crippen molar-refractivity contribution in [3.63, 3.8) is 0 Å². The van der Waals surface area contributed by atoms with E-state index >= 15 is 0 Å². The molecule has 9 heteroatoms. The molecule has 4 rings (SSSR count). The minimum Gasteiger partial charge on any atom is -0.289 e. The Balaban J connectivity index is 1.82. The van der Waals surface area contributed by atoms with Gasteiger partial charge in [-0.05, 0) is 54.5 Å². The maximum absolute atomic E-state index is 13.5. The fourth-order valence-corrected chi connectivity index (χ4v) is 5.16. The first-order valence-electron chi connectivity index (χ1n) is 10.6. The zero-order valence-electron chi connectivity index (χ0n) is 18.7. The van der Waals surface area contributed by atoms with Crippen LogP contribution in [0.2, 0.25) is 0 Å². The van der Waals surface area contributed by atoms with Crippen molar-refractivity contribution in [1.29, 1.82) is 0 Å². The van der Waals surface area contributed by atoms with Gasteiger partial charge in [0.25, 0.3) is 0 Å². The summed E-state index contributed by atoms with van der Waals surface area (Å²) in [7, 11) is -4.03. The molecule has 35 heavy (non-hydrogen) atoms. The van der Waals surface area contributed by atoms with Gasteiger partial charge in [-0.25, -0.2) is 8.42 Å². The number of alkyl halides is 3. The van der Waals surface area contributed by atoms with Crippen molar-refractivity contribution < 1.29 is 26.4 Å². The van der Waals surface area contributed by atoms with Gasteiger partial charge in [0, 0.05) is 36.6 Å². The number of carbonyl (C=O) groups is 1. The van der Waals surface area contributed by atoms with Crippen LogP contribution in [0, 0.1) is 6.92 Å². The molecule has 0 unspecified atom stereocenters. The summed E-state index contributed by atoms with van der Waals surface area (Å²) in [6.07, 6.45) is 1.07. The molecular formula is C26H21F3N2O3S. The predicted octanol–water partition coefficient (Wildman–Crippen LogP) is 5.15. The SMILES string of the molecule is Cc1ccc(S(=O)(=O)N2C/C(=C\c3cccnc3)C(=O)/C(=C/c3ccccc3C(F)(F)F)C2)cc1. The Morgan fingerprint density at radius 2 is 1.57 bits per heavy atom. The van der Waals surface area contributed by atoms with E-state index in [2.05, 4.69) is 4.98 Å². The molecule has 1 aliphatic heterocycles. The summed E-state index contributed by atoms with van der Waals surface area (Å²) in [5.41, 5.74) is 0.407. The highest BCUT2D eigenvalue weighted by Crippen LogP contribution is 2.34. The molecule has 1 fully saturated rings. The van der Waals surface area contributed by atoms with Crippen LogP contribution in [0.15, 0.2) is 89.1 Å². The van der Waals surface area contributed by atoms with Gasteiger partial charge < -0.3 is 0 Å². The van der Waals surface area contributed by atoms with Crippen molar-refractivity contribution in [1.82, 2.24) is 9.29 Å². The lowest BCUT2D eigenvalue weighted by Gasteiger charge is -2.29. The van der Waals surface area contributed by atoms with Gasteiger partial charge in [-0.3, -0.25) is 9.78 Å². The molecule has 3 aromatic rings. The van der Waals surface area contributed by atoms with Crippen LogP contribution in [-0.4, -0.2) is 36.6 Å². The van der Waals surface area contributed by atoms with Gasteiger partial charge in [0.05, 0.1) is 10.5 Å². The molecule has 0 aliphatic carbocycles. The highest BCUT2D eigenvalue weighted by Gasteiger charge is 2.36. The Bertz CT molecular complexity index is 1410. The summed E-state index contributed by atoms with van der Waals surface area (Å²) in [5.74, 6) is -0.513. The summed E-state index contributed by atoms with van der Waals surface area (Å²) in [5, 5.41) is 0. The quantitative estimate of drug-likeness (QED) is 0.467. The number of aromatic nitrogens is 1. The van der Waals surface area contributed by atoms with E-state index in [0.29, 0.717) is 5.56 Å². The van der Waals surface area contributed by atoms with Crippen LogP contribution < -0.4 is 0 Å². The van der Waals surface area contributed by atoms with Crippen LogP contribution in [0.5, 0.6) is 0 Å². The molecule has 2 heterocycles. The number of hydrogen-bond acceptors (Lipinski definition) is 4. The molecule has 2 aromatic carbocycles. The maximum atomic E-state index is 13.5. The third kappa shape index (κ3) is 5.41. The summed E-state index contributed by atoms with van der Waals surface area (Å²) in [6.45, 7) is 1.25. The molecule has 5 nitrogen and oxygen atoms in total. The van der Waals surface area contributed by atoms with Gasteiger partial charge in [-0.15, -0.1) is 0 Å². The third-order valence-electron chi connectivity index (χ3n) is 5.56. The number of piperidine rings is 1. The molecule has 180 valence electrons. The van der Waals surface area contributed by atoms with Crippen LogP contribution in [0.3, 0.4) is 0 Å². The van der Waals surface area contributed by atoms with Crippen LogP contribution in [-0.2, 0) is 21.0 Å². The average molecular weight is 499 g/mol. The second-order valence-electron chi connectivity index (χ2n) is 8.13. The maximum Gasteiger partial charge on any atom is 0.416 e. The molecule has 0 amide bonds. The van der Waals surface area contributed by atoms with E-state index in [0.717, 1.165) is 22.0 Å². The summed E-state index contributed by atoms with van der Waals surface area (Å²) < 4.78 is 68.5. The molecule has 0 atom stereocenters. The van der Waals surface area contributed by atoms with Gasteiger partial charge in [0.2, 0.25) is 10.0 Å². The van der Waals surface area contributed by atoms with E-state index in [1.54, 1.807) is 30.5 Å². The zero-order chi connectivity index (χ0) is 25.2. The molecule has 1 saturated heterocycles. The molecule has 0 N–H and O–H groups in total. The number of nitrogens with zero attached hydrogens (tertiary/aromatic N) is 2. The van der Waals surface area contributed by atoms with E-state index in [4.69, 9.17) is 0 Å². The smallest absolute Gasteiger partial charge is 0.289 e. The van der Waals surface area contributed by atoms with Gasteiger partial charge >= 0.3 is 6.18 Å². The van der Waals surface area contributed by atoms with E-state index in [1.165, 1.54) is 42.6 Å². The first-order valence-corrected chi connectivity index (χ1v) is 12.1. The number of pyridine rings is 1. The molecule has 0 radical (unpaired) electrons. The Morgan fingerprint density at radius 3 is 2.20 bits per heavy atom. The highest BCUT2D eigenvalue weighted by atomic mass is 32.2. The number of aryl methyl sites for hydroxylation is 1. The number of Topliss-reactive ketones (excluding diaryl/α,β-unsaturated/α-hetero) is 1. The van der Waals surface area contributed by atoms with Gasteiger partial charge in [-0.1, -0.05) is 42.0 Å². The number of hydrogen-bond donors (Lipinski definition) is 0. The Kier molecular flexibility index (Phi) is 6.73. The van der Waals surface area contributed by atoms with Crippen molar-refractivity contribution in [2.75, 3.05) is 13.1 Å². The standard InChI is InChI=1S/C26H21F3N2O3S/c1-18-8-10-23(11-9-18)35(33,34)31-16-21(13-19-5-4-12-30-15-19)25(32)22(17-31)14-20-6-2-3-7-24(20)26(27,28)29/h2-15H,16-17H2,1H3/b21-13+,22-14+. The van der Waals surface area contributed by atoms with Crippen molar-refractivity contribution in [2.45, 2.75) is 18.0 Å². The molecule has 1 aromatic heterocycles. The molecule has 1 aliphatic rings. The first-order chi connectivity index (χ1) is 16.6. The van der Waals surface area contributed by atoms with Gasteiger partial charge in [0.15, 0.2) is 5.78 Å². The topological polar surface area (TPSA) is 67.3 Å². The van der Waals surface area contributed by atoms with Crippen LogP contribution >= 0.6 is 0 Å². The molecule has 0 saturated carbocycles. The second-order valence-corrected chi connectivity index (χ2v) is 10.1. The van der Waals surface area contributed by atoms with Crippen molar-refractivity contribution in [3.05, 3.63) is 106 Å². The lowest BCUT2D eigenvalue weighted by Crippen LogP contribution is -2.41. The van der Waals surface area contributed by atoms with Gasteiger partial charge in [-0.2, -0.15) is 17.5 Å². The Morgan fingerprint density at radius 1 is 0.914 bits per heavy atom. The van der Waals surface area contributed by atoms with Crippen LogP contribution in [0.1, 0.15) is 22.3 Å². The van der Waals surface area contributed by atoms with E-state index < -0.39 is 27.5 Å². The first kappa shape index (κ1) is 24.6. The third-order valence-corrected chi connectivity index (χ3v) is 7.36. The molecular weight excluding hydrogens is 477 g/mol. The number of benzene rings is 2. The Hall–Kier alpha value is -3.56. The summed E-state index contributed by atoms with van der Waals surface area (Å²) in [6, 6.07) is 14.5. The van der Waals surface area contributed by atoms with Crippen molar-refractivity contribution in [2.24, 2.45) is 0 Å². The largest absolute Gasteiger partial charge is 0.416 e. The Labute approximate surface area is 201 Å². The van der Waals surface area contributed by atoms with Crippen molar-refractivity contribution in [3.8, 4) is 0 Å². The van der Waals surface area contributed by atoms with Crippen molar-refractivity contribution >= 4 is 28.0 Å². The van der Waals surface area contributed by atoms with Crippen LogP contribution in [0.25, 0.3) is 12.2 Å². The number of sulfonamides is 1. The zero-order valence-corrected chi connectivity index (χ0v) is 19.5. The fourth-order valence-electron chi connectivity index (χ4n) is 3.77. The molecule has 0 bridgehead atoms. The lowest BCUT2D eigenvalue weighted by atomic mass is 9.94. The van der Waals surface area contributed by atoms with E-state index in [1.807, 2.05) is 6.92 Å². The van der Waals surface area contributed by atoms with Gasteiger partial charge in [0.1, 0.15) is 0 Å². The predicted molar refractivity (Wildman–Crippen MR) is 127 cm³/mol. The minimum absolute atomic E-state index is 0.0354. The number of carbonyl (C=O) groups excluding carboxylic acids is 1. The van der Waals surface area contributed by atoms with E-state index in [9.17, 15) is 26.4 Å². The average Bonchev–Trinajstić information content (AvgIpc) is 2.82.